The average molecular weight is 185 g/mol. The highest BCUT2D eigenvalue weighted by Gasteiger charge is 2.31. The summed E-state index contributed by atoms with van der Waals surface area (Å²) in [5.74, 6) is 0.0505. The SMILES string of the molecule is CCOC(=O)C1CCC(C)(N)CC1. The van der Waals surface area contributed by atoms with Crippen molar-refractivity contribution in [2.75, 3.05) is 6.61 Å². The molecule has 0 heterocycles. The zero-order valence-electron chi connectivity index (χ0n) is 8.51. The summed E-state index contributed by atoms with van der Waals surface area (Å²) in [4.78, 5) is 11.3. The van der Waals surface area contributed by atoms with Crippen LogP contribution < -0.4 is 5.73 Å². The van der Waals surface area contributed by atoms with Crippen molar-refractivity contribution in [3.05, 3.63) is 0 Å². The lowest BCUT2D eigenvalue weighted by Crippen LogP contribution is -2.41. The van der Waals surface area contributed by atoms with Gasteiger partial charge in [-0.3, -0.25) is 4.79 Å². The van der Waals surface area contributed by atoms with Gasteiger partial charge in [0.2, 0.25) is 0 Å². The lowest BCUT2D eigenvalue weighted by atomic mass is 9.78. The van der Waals surface area contributed by atoms with E-state index >= 15 is 0 Å². The van der Waals surface area contributed by atoms with Gasteiger partial charge in [-0.05, 0) is 39.5 Å². The zero-order chi connectivity index (χ0) is 9.90. The highest BCUT2D eigenvalue weighted by Crippen LogP contribution is 2.30. The minimum absolute atomic E-state index is 0.0435. The van der Waals surface area contributed by atoms with Crippen molar-refractivity contribution >= 4 is 5.97 Å². The molecule has 0 saturated heterocycles. The molecule has 0 aromatic heterocycles. The van der Waals surface area contributed by atoms with Crippen LogP contribution in [0.1, 0.15) is 39.5 Å². The molecule has 0 atom stereocenters. The van der Waals surface area contributed by atoms with Gasteiger partial charge in [-0.1, -0.05) is 0 Å². The molecule has 0 radical (unpaired) electrons. The van der Waals surface area contributed by atoms with Crippen LogP contribution >= 0.6 is 0 Å². The van der Waals surface area contributed by atoms with Gasteiger partial charge in [0, 0.05) is 5.54 Å². The molecule has 0 aromatic carbocycles. The molecule has 76 valence electrons. The van der Waals surface area contributed by atoms with Crippen molar-refractivity contribution in [2.24, 2.45) is 11.7 Å². The van der Waals surface area contributed by atoms with Crippen LogP contribution in [-0.2, 0) is 9.53 Å². The molecule has 13 heavy (non-hydrogen) atoms. The van der Waals surface area contributed by atoms with Gasteiger partial charge in [-0.25, -0.2) is 0 Å². The van der Waals surface area contributed by atoms with Gasteiger partial charge < -0.3 is 10.5 Å². The first-order valence-corrected chi connectivity index (χ1v) is 5.00. The van der Waals surface area contributed by atoms with E-state index < -0.39 is 0 Å². The summed E-state index contributed by atoms with van der Waals surface area (Å²) in [6, 6.07) is 0. The number of ether oxygens (including phenoxy) is 1. The van der Waals surface area contributed by atoms with E-state index in [2.05, 4.69) is 0 Å². The van der Waals surface area contributed by atoms with Gasteiger partial charge in [0.1, 0.15) is 0 Å². The number of nitrogens with two attached hydrogens (primary N) is 1. The maximum absolute atomic E-state index is 11.3. The molecule has 1 aliphatic rings. The van der Waals surface area contributed by atoms with E-state index in [-0.39, 0.29) is 17.4 Å². The highest BCUT2D eigenvalue weighted by atomic mass is 16.5. The van der Waals surface area contributed by atoms with Crippen molar-refractivity contribution in [1.82, 2.24) is 0 Å². The van der Waals surface area contributed by atoms with E-state index in [0.717, 1.165) is 25.7 Å². The normalized spacial score (nSPS) is 34.2. The molecule has 3 heteroatoms. The lowest BCUT2D eigenvalue weighted by Gasteiger charge is -2.32. The van der Waals surface area contributed by atoms with E-state index in [1.807, 2.05) is 13.8 Å². The Labute approximate surface area is 79.6 Å². The van der Waals surface area contributed by atoms with E-state index in [1.54, 1.807) is 0 Å². The third kappa shape index (κ3) is 2.99. The molecule has 2 N–H and O–H groups in total. The molecule has 0 aliphatic heterocycles. The molecule has 1 aliphatic carbocycles. The lowest BCUT2D eigenvalue weighted by molar-refractivity contribution is -0.149. The van der Waals surface area contributed by atoms with Gasteiger partial charge in [-0.15, -0.1) is 0 Å². The molecule has 0 spiro atoms. The Bertz CT molecular complexity index is 179. The second kappa shape index (κ2) is 4.09. The Balaban J connectivity index is 2.36. The van der Waals surface area contributed by atoms with E-state index in [4.69, 9.17) is 10.5 Å². The number of hydrogen-bond acceptors (Lipinski definition) is 3. The Kier molecular flexibility index (Phi) is 3.31. The monoisotopic (exact) mass is 185 g/mol. The molecule has 0 bridgehead atoms. The predicted octanol–water partition coefficient (Wildman–Crippen LogP) is 1.46. The van der Waals surface area contributed by atoms with Gasteiger partial charge in [0.15, 0.2) is 0 Å². The first kappa shape index (κ1) is 10.5. The van der Waals surface area contributed by atoms with Crippen molar-refractivity contribution in [1.29, 1.82) is 0 Å². The summed E-state index contributed by atoms with van der Waals surface area (Å²) in [5.41, 5.74) is 5.90. The molecular weight excluding hydrogens is 166 g/mol. The molecule has 1 saturated carbocycles. The largest absolute Gasteiger partial charge is 0.466 e. The Hall–Kier alpha value is -0.570. The Morgan fingerprint density at radius 1 is 1.54 bits per heavy atom. The fourth-order valence-electron chi connectivity index (χ4n) is 1.77. The number of hydrogen-bond donors (Lipinski definition) is 1. The van der Waals surface area contributed by atoms with Gasteiger partial charge in [-0.2, -0.15) is 0 Å². The number of carbonyl (C=O) groups is 1. The zero-order valence-corrected chi connectivity index (χ0v) is 8.51. The van der Waals surface area contributed by atoms with Crippen LogP contribution in [0.5, 0.6) is 0 Å². The Morgan fingerprint density at radius 3 is 2.54 bits per heavy atom. The van der Waals surface area contributed by atoms with Crippen LogP contribution in [0.4, 0.5) is 0 Å². The highest BCUT2D eigenvalue weighted by molar-refractivity contribution is 5.72. The molecule has 0 amide bonds. The predicted molar refractivity (Wildman–Crippen MR) is 51.2 cm³/mol. The second-order valence-electron chi connectivity index (χ2n) is 4.18. The molecule has 0 unspecified atom stereocenters. The van der Waals surface area contributed by atoms with Crippen LogP contribution in [0, 0.1) is 5.92 Å². The van der Waals surface area contributed by atoms with Crippen LogP contribution in [-0.4, -0.2) is 18.1 Å². The Morgan fingerprint density at radius 2 is 2.08 bits per heavy atom. The molecular formula is C10H19NO2. The molecule has 1 fully saturated rings. The summed E-state index contributed by atoms with van der Waals surface area (Å²) >= 11 is 0. The van der Waals surface area contributed by atoms with Gasteiger partial charge >= 0.3 is 5.97 Å². The van der Waals surface area contributed by atoms with Crippen LogP contribution in [0.2, 0.25) is 0 Å². The first-order chi connectivity index (χ1) is 6.05. The fraction of sp³-hybridized carbons (Fsp3) is 0.900. The summed E-state index contributed by atoms with van der Waals surface area (Å²) in [5, 5.41) is 0. The molecule has 0 aromatic rings. The topological polar surface area (TPSA) is 52.3 Å². The minimum Gasteiger partial charge on any atom is -0.466 e. The number of esters is 1. The third-order valence-electron chi connectivity index (χ3n) is 2.75. The third-order valence-corrected chi connectivity index (χ3v) is 2.75. The average Bonchev–Trinajstić information content (AvgIpc) is 2.04. The van der Waals surface area contributed by atoms with Crippen LogP contribution in [0.15, 0.2) is 0 Å². The summed E-state index contributed by atoms with van der Waals surface area (Å²) in [6.07, 6.45) is 3.62. The first-order valence-electron chi connectivity index (χ1n) is 5.00. The minimum atomic E-state index is -0.0665. The van der Waals surface area contributed by atoms with Crippen molar-refractivity contribution in [3.63, 3.8) is 0 Å². The van der Waals surface area contributed by atoms with Crippen molar-refractivity contribution in [3.8, 4) is 0 Å². The standard InChI is InChI=1S/C10H19NO2/c1-3-13-9(12)8-4-6-10(2,11)7-5-8/h8H,3-7,11H2,1-2H3. The maximum atomic E-state index is 11.3. The van der Waals surface area contributed by atoms with E-state index in [0.29, 0.717) is 6.61 Å². The molecule has 1 rings (SSSR count). The summed E-state index contributed by atoms with van der Waals surface area (Å²) in [7, 11) is 0. The second-order valence-corrected chi connectivity index (χ2v) is 4.18. The van der Waals surface area contributed by atoms with Crippen LogP contribution in [0.3, 0.4) is 0 Å². The number of rotatable bonds is 2. The van der Waals surface area contributed by atoms with Crippen molar-refractivity contribution in [2.45, 2.75) is 45.1 Å². The number of carbonyl (C=O) groups excluding carboxylic acids is 1. The molecule has 3 nitrogen and oxygen atoms in total. The quantitative estimate of drug-likeness (QED) is 0.662. The summed E-state index contributed by atoms with van der Waals surface area (Å²) < 4.78 is 4.97. The van der Waals surface area contributed by atoms with Crippen molar-refractivity contribution < 1.29 is 9.53 Å². The fourth-order valence-corrected chi connectivity index (χ4v) is 1.77. The summed E-state index contributed by atoms with van der Waals surface area (Å²) in [6.45, 7) is 4.37. The van der Waals surface area contributed by atoms with Gasteiger partial charge in [0.25, 0.3) is 0 Å². The van der Waals surface area contributed by atoms with Gasteiger partial charge in [0.05, 0.1) is 12.5 Å². The van der Waals surface area contributed by atoms with E-state index in [9.17, 15) is 4.79 Å². The van der Waals surface area contributed by atoms with Crippen LogP contribution in [0.25, 0.3) is 0 Å². The smallest absolute Gasteiger partial charge is 0.308 e. The van der Waals surface area contributed by atoms with E-state index in [1.165, 1.54) is 0 Å². The maximum Gasteiger partial charge on any atom is 0.308 e.